The maximum Gasteiger partial charge on any atom is 0.264 e. The topological polar surface area (TPSA) is 86.8 Å². The Kier molecular flexibility index (Phi) is 10.4. The highest BCUT2D eigenvalue weighted by Gasteiger charge is 2.33. The molecule has 0 aliphatic rings. The number of anilines is 1. The molecule has 0 bridgehead atoms. The van der Waals surface area contributed by atoms with Crippen molar-refractivity contribution in [2.45, 2.75) is 37.8 Å². The summed E-state index contributed by atoms with van der Waals surface area (Å²) < 4.78 is 28.4. The van der Waals surface area contributed by atoms with Crippen LogP contribution in [0.15, 0.2) is 77.7 Å². The highest BCUT2D eigenvalue weighted by Crippen LogP contribution is 2.31. The predicted octanol–water partition coefficient (Wildman–Crippen LogP) is 5.79. The van der Waals surface area contributed by atoms with E-state index in [9.17, 15) is 18.0 Å². The fraction of sp³-hybridized carbons (Fsp3) is 0.259. The zero-order valence-corrected chi connectivity index (χ0v) is 24.0. The normalized spacial score (nSPS) is 12.0. The number of halogens is 3. The summed E-state index contributed by atoms with van der Waals surface area (Å²) >= 11 is 18.8. The van der Waals surface area contributed by atoms with Gasteiger partial charge in [0.15, 0.2) is 0 Å². The van der Waals surface area contributed by atoms with E-state index >= 15 is 0 Å². The molecule has 2 amide bonds. The zero-order valence-electron chi connectivity index (χ0n) is 20.9. The Morgan fingerprint density at radius 3 is 2.21 bits per heavy atom. The Labute approximate surface area is 238 Å². The summed E-state index contributed by atoms with van der Waals surface area (Å²) in [5.74, 6) is -0.991. The summed E-state index contributed by atoms with van der Waals surface area (Å²) in [7, 11) is -4.19. The maximum atomic E-state index is 13.8. The van der Waals surface area contributed by atoms with Crippen LogP contribution in [0.5, 0.6) is 0 Å². The van der Waals surface area contributed by atoms with Crippen molar-refractivity contribution in [2.24, 2.45) is 0 Å². The van der Waals surface area contributed by atoms with Gasteiger partial charge in [0.25, 0.3) is 10.0 Å². The molecule has 0 fully saturated rings. The minimum Gasteiger partial charge on any atom is -0.354 e. The molecule has 202 valence electrons. The molecule has 3 aromatic carbocycles. The number of sulfonamides is 1. The van der Waals surface area contributed by atoms with E-state index in [-0.39, 0.29) is 28.1 Å². The first-order valence-corrected chi connectivity index (χ1v) is 14.5. The van der Waals surface area contributed by atoms with Gasteiger partial charge in [-0.3, -0.25) is 13.9 Å². The molecule has 0 aliphatic carbocycles. The number of hydrogen-bond donors (Lipinski definition) is 1. The first-order chi connectivity index (χ1) is 18.1. The number of rotatable bonds is 11. The second kappa shape index (κ2) is 13.3. The minimum atomic E-state index is -4.19. The van der Waals surface area contributed by atoms with Crippen molar-refractivity contribution in [1.29, 1.82) is 0 Å². The van der Waals surface area contributed by atoms with Gasteiger partial charge in [0.05, 0.1) is 15.6 Å². The van der Waals surface area contributed by atoms with Gasteiger partial charge in [-0.1, -0.05) is 78.1 Å². The molecule has 0 aromatic heterocycles. The van der Waals surface area contributed by atoms with Gasteiger partial charge in [-0.25, -0.2) is 8.42 Å². The van der Waals surface area contributed by atoms with Crippen LogP contribution in [0.2, 0.25) is 15.1 Å². The summed E-state index contributed by atoms with van der Waals surface area (Å²) in [4.78, 5) is 28.0. The van der Waals surface area contributed by atoms with Crippen molar-refractivity contribution in [2.75, 3.05) is 17.4 Å². The second-order valence-corrected chi connectivity index (χ2v) is 11.6. The first kappa shape index (κ1) is 29.8. The van der Waals surface area contributed by atoms with Crippen LogP contribution in [0, 0.1) is 0 Å². The highest BCUT2D eigenvalue weighted by molar-refractivity contribution is 7.92. The highest BCUT2D eigenvalue weighted by atomic mass is 35.5. The minimum absolute atomic E-state index is 0.00578. The lowest BCUT2D eigenvalue weighted by Gasteiger charge is -2.32. The van der Waals surface area contributed by atoms with Crippen LogP contribution >= 0.6 is 34.8 Å². The monoisotopic (exact) mass is 595 g/mol. The van der Waals surface area contributed by atoms with Gasteiger partial charge in [0.2, 0.25) is 11.8 Å². The molecule has 1 N–H and O–H groups in total. The Balaban J connectivity index is 2.04. The van der Waals surface area contributed by atoms with E-state index in [0.29, 0.717) is 28.6 Å². The van der Waals surface area contributed by atoms with Gasteiger partial charge in [-0.15, -0.1) is 0 Å². The molecule has 0 spiro atoms. The molecule has 3 aromatic rings. The van der Waals surface area contributed by atoms with Crippen molar-refractivity contribution >= 4 is 62.3 Å². The lowest BCUT2D eigenvalue weighted by Crippen LogP contribution is -2.51. The zero-order chi connectivity index (χ0) is 27.9. The summed E-state index contributed by atoms with van der Waals surface area (Å²) in [6.07, 6.45) is 0.713. The van der Waals surface area contributed by atoms with Crippen LogP contribution in [0.1, 0.15) is 25.8 Å². The predicted molar refractivity (Wildman–Crippen MR) is 152 cm³/mol. The van der Waals surface area contributed by atoms with Crippen LogP contribution in [0.3, 0.4) is 0 Å². The van der Waals surface area contributed by atoms with E-state index in [0.717, 1.165) is 4.31 Å². The second-order valence-electron chi connectivity index (χ2n) is 8.50. The molecular weight excluding hydrogens is 569 g/mol. The molecule has 0 radical (unpaired) electrons. The summed E-state index contributed by atoms with van der Waals surface area (Å²) in [5.41, 5.74) is 0.689. The van der Waals surface area contributed by atoms with E-state index in [4.69, 9.17) is 34.8 Å². The third-order valence-corrected chi connectivity index (χ3v) is 8.48. The largest absolute Gasteiger partial charge is 0.354 e. The number of carbonyl (C=O) groups excluding carboxylic acids is 2. The Hall–Kier alpha value is -2.78. The standard InChI is InChI=1S/C27H28Cl3N3O4S/c1-3-15-31-27(35)19(2)32(17-20-13-14-21(28)16-24(20)30)26(34)18-33(25-12-8-7-11-23(25)29)38(36,37)22-9-5-4-6-10-22/h4-14,16,19H,3,15,17-18H2,1-2H3,(H,31,35)/t19-/m1/s1. The number of nitrogens with zero attached hydrogens (tertiary/aromatic N) is 2. The Bertz CT molecular complexity index is 1390. The SMILES string of the molecule is CCCNC(=O)[C@@H](C)N(Cc1ccc(Cl)cc1Cl)C(=O)CN(c1ccccc1Cl)S(=O)(=O)c1ccccc1. The molecule has 38 heavy (non-hydrogen) atoms. The third-order valence-electron chi connectivity index (χ3n) is 5.80. The average molecular weight is 597 g/mol. The fourth-order valence-corrected chi connectivity index (χ4v) is 5.91. The molecule has 0 saturated heterocycles. The molecule has 3 rings (SSSR count). The number of benzene rings is 3. The number of amides is 2. The number of nitrogens with one attached hydrogen (secondary N) is 1. The van der Waals surface area contributed by atoms with Crippen LogP contribution in [-0.2, 0) is 26.2 Å². The van der Waals surface area contributed by atoms with Crippen molar-refractivity contribution in [3.63, 3.8) is 0 Å². The molecule has 0 heterocycles. The summed E-state index contributed by atoms with van der Waals surface area (Å²) in [6, 6.07) is 18.0. The molecule has 11 heteroatoms. The lowest BCUT2D eigenvalue weighted by molar-refractivity contribution is -0.139. The lowest BCUT2D eigenvalue weighted by atomic mass is 10.1. The maximum absolute atomic E-state index is 13.8. The van der Waals surface area contributed by atoms with Crippen molar-refractivity contribution in [3.05, 3.63) is 93.4 Å². The van der Waals surface area contributed by atoms with E-state index in [1.165, 1.54) is 23.1 Å². The number of carbonyl (C=O) groups is 2. The first-order valence-electron chi connectivity index (χ1n) is 11.9. The van der Waals surface area contributed by atoms with Crippen molar-refractivity contribution in [1.82, 2.24) is 10.2 Å². The third kappa shape index (κ3) is 7.20. The van der Waals surface area contributed by atoms with Gasteiger partial charge >= 0.3 is 0 Å². The van der Waals surface area contributed by atoms with Crippen molar-refractivity contribution < 1.29 is 18.0 Å². The van der Waals surface area contributed by atoms with Crippen LogP contribution < -0.4 is 9.62 Å². The average Bonchev–Trinajstić information content (AvgIpc) is 2.90. The summed E-state index contributed by atoms with van der Waals surface area (Å²) in [5, 5.41) is 3.68. The Morgan fingerprint density at radius 2 is 1.58 bits per heavy atom. The van der Waals surface area contributed by atoms with Gasteiger partial charge in [0.1, 0.15) is 12.6 Å². The molecule has 1 atom stereocenters. The van der Waals surface area contributed by atoms with Gasteiger partial charge in [-0.05, 0) is 55.3 Å². The van der Waals surface area contributed by atoms with E-state index in [1.54, 1.807) is 61.5 Å². The van der Waals surface area contributed by atoms with Crippen LogP contribution in [0.4, 0.5) is 5.69 Å². The number of para-hydroxylation sites is 1. The molecule has 0 saturated carbocycles. The van der Waals surface area contributed by atoms with Crippen molar-refractivity contribution in [3.8, 4) is 0 Å². The van der Waals surface area contributed by atoms with Crippen LogP contribution in [-0.4, -0.2) is 44.3 Å². The van der Waals surface area contributed by atoms with Gasteiger partial charge < -0.3 is 10.2 Å². The fourth-order valence-electron chi connectivity index (χ4n) is 3.70. The van der Waals surface area contributed by atoms with Gasteiger partial charge in [-0.2, -0.15) is 0 Å². The Morgan fingerprint density at radius 1 is 0.921 bits per heavy atom. The smallest absolute Gasteiger partial charge is 0.264 e. The van der Waals surface area contributed by atoms with E-state index < -0.39 is 28.5 Å². The quantitative estimate of drug-likeness (QED) is 0.304. The van der Waals surface area contributed by atoms with E-state index in [2.05, 4.69) is 5.32 Å². The summed E-state index contributed by atoms with van der Waals surface area (Å²) in [6.45, 7) is 3.28. The molecular formula is C27H28Cl3N3O4S. The molecule has 0 aliphatic heterocycles. The van der Waals surface area contributed by atoms with Crippen LogP contribution in [0.25, 0.3) is 0 Å². The molecule has 7 nitrogen and oxygen atoms in total. The molecule has 0 unspecified atom stereocenters. The number of hydrogen-bond acceptors (Lipinski definition) is 4. The van der Waals surface area contributed by atoms with E-state index in [1.807, 2.05) is 6.92 Å². The van der Waals surface area contributed by atoms with Gasteiger partial charge in [0, 0.05) is 23.1 Å².